The highest BCUT2D eigenvalue weighted by molar-refractivity contribution is 5.94. The van der Waals surface area contributed by atoms with Crippen LogP contribution < -0.4 is 5.73 Å². The highest BCUT2D eigenvalue weighted by Gasteiger charge is 2.15. The SMILES string of the molecule is Cn1cc(CN2CCOCC2)c2c(N)cccc21. The molecule has 0 aliphatic carbocycles. The van der Waals surface area contributed by atoms with Crippen molar-refractivity contribution in [3.05, 3.63) is 30.0 Å². The number of nitrogen functional groups attached to an aromatic ring is 1. The Morgan fingerprint density at radius 1 is 1.28 bits per heavy atom. The van der Waals surface area contributed by atoms with E-state index in [2.05, 4.69) is 28.8 Å². The summed E-state index contributed by atoms with van der Waals surface area (Å²) in [5, 5.41) is 1.20. The van der Waals surface area contributed by atoms with Crippen LogP contribution in [0.15, 0.2) is 24.4 Å². The number of rotatable bonds is 2. The van der Waals surface area contributed by atoms with Crippen LogP contribution in [-0.2, 0) is 18.3 Å². The number of benzene rings is 1. The number of morpholine rings is 1. The van der Waals surface area contributed by atoms with E-state index in [9.17, 15) is 0 Å². The van der Waals surface area contributed by atoms with E-state index in [1.807, 2.05) is 12.1 Å². The number of nitrogens with zero attached hydrogens (tertiary/aromatic N) is 2. The van der Waals surface area contributed by atoms with E-state index in [0.29, 0.717) is 0 Å². The Morgan fingerprint density at radius 3 is 2.83 bits per heavy atom. The molecule has 0 amide bonds. The Labute approximate surface area is 107 Å². The minimum atomic E-state index is 0.834. The van der Waals surface area contributed by atoms with Crippen LogP contribution in [0.3, 0.4) is 0 Å². The van der Waals surface area contributed by atoms with Crippen LogP contribution in [0, 0.1) is 0 Å². The molecule has 0 radical (unpaired) electrons. The van der Waals surface area contributed by atoms with Crippen molar-refractivity contribution in [2.75, 3.05) is 32.0 Å². The van der Waals surface area contributed by atoms with Gasteiger partial charge in [0.2, 0.25) is 0 Å². The van der Waals surface area contributed by atoms with E-state index in [-0.39, 0.29) is 0 Å². The van der Waals surface area contributed by atoms with E-state index < -0.39 is 0 Å². The summed E-state index contributed by atoms with van der Waals surface area (Å²) in [6.07, 6.45) is 2.19. The van der Waals surface area contributed by atoms with Crippen molar-refractivity contribution >= 4 is 16.6 Å². The van der Waals surface area contributed by atoms with Gasteiger partial charge in [-0.15, -0.1) is 0 Å². The second kappa shape index (κ2) is 4.63. The van der Waals surface area contributed by atoms with Gasteiger partial charge in [0.05, 0.1) is 18.7 Å². The van der Waals surface area contributed by atoms with Crippen LogP contribution in [0.5, 0.6) is 0 Å². The Balaban J connectivity index is 1.96. The molecule has 4 nitrogen and oxygen atoms in total. The molecular weight excluding hydrogens is 226 g/mol. The average molecular weight is 245 g/mol. The van der Waals surface area contributed by atoms with Crippen LogP contribution in [0.4, 0.5) is 5.69 Å². The third-order valence-corrected chi connectivity index (χ3v) is 3.62. The zero-order chi connectivity index (χ0) is 12.5. The summed E-state index contributed by atoms with van der Waals surface area (Å²) >= 11 is 0. The first-order valence-corrected chi connectivity index (χ1v) is 6.38. The Morgan fingerprint density at radius 2 is 2.06 bits per heavy atom. The second-order valence-electron chi connectivity index (χ2n) is 4.90. The lowest BCUT2D eigenvalue weighted by Gasteiger charge is -2.26. The highest BCUT2D eigenvalue weighted by Crippen LogP contribution is 2.27. The fourth-order valence-corrected chi connectivity index (χ4v) is 2.69. The number of hydrogen-bond acceptors (Lipinski definition) is 3. The molecule has 0 spiro atoms. The third kappa shape index (κ3) is 1.98. The fourth-order valence-electron chi connectivity index (χ4n) is 2.69. The van der Waals surface area contributed by atoms with Gasteiger partial charge in [-0.05, 0) is 17.7 Å². The average Bonchev–Trinajstić information content (AvgIpc) is 2.69. The maximum atomic E-state index is 6.12. The maximum absolute atomic E-state index is 6.12. The summed E-state index contributed by atoms with van der Waals surface area (Å²) in [5.41, 5.74) is 9.51. The number of anilines is 1. The molecule has 0 bridgehead atoms. The van der Waals surface area contributed by atoms with E-state index in [1.54, 1.807) is 0 Å². The van der Waals surface area contributed by atoms with Gasteiger partial charge in [-0.3, -0.25) is 4.90 Å². The van der Waals surface area contributed by atoms with Crippen molar-refractivity contribution in [3.63, 3.8) is 0 Å². The highest BCUT2D eigenvalue weighted by atomic mass is 16.5. The summed E-state index contributed by atoms with van der Waals surface area (Å²) in [6, 6.07) is 6.11. The number of aryl methyl sites for hydroxylation is 1. The van der Waals surface area contributed by atoms with Crippen molar-refractivity contribution in [2.45, 2.75) is 6.54 Å². The van der Waals surface area contributed by atoms with Gasteiger partial charge in [-0.2, -0.15) is 0 Å². The van der Waals surface area contributed by atoms with E-state index >= 15 is 0 Å². The molecule has 1 aromatic carbocycles. The van der Waals surface area contributed by atoms with Crippen molar-refractivity contribution in [2.24, 2.45) is 7.05 Å². The molecule has 1 aromatic heterocycles. The maximum Gasteiger partial charge on any atom is 0.0594 e. The van der Waals surface area contributed by atoms with Crippen LogP contribution in [0.2, 0.25) is 0 Å². The first-order chi connectivity index (χ1) is 8.75. The zero-order valence-corrected chi connectivity index (χ0v) is 10.7. The number of ether oxygens (including phenoxy) is 1. The Hall–Kier alpha value is -1.52. The molecule has 0 atom stereocenters. The molecule has 0 saturated carbocycles. The number of fused-ring (bicyclic) bond motifs is 1. The lowest BCUT2D eigenvalue weighted by Crippen LogP contribution is -2.35. The van der Waals surface area contributed by atoms with Gasteiger partial charge in [0.25, 0.3) is 0 Å². The first-order valence-electron chi connectivity index (χ1n) is 6.38. The van der Waals surface area contributed by atoms with Gasteiger partial charge in [0.15, 0.2) is 0 Å². The minimum absolute atomic E-state index is 0.834. The van der Waals surface area contributed by atoms with E-state index in [1.165, 1.54) is 16.5 Å². The zero-order valence-electron chi connectivity index (χ0n) is 10.7. The Bertz CT molecular complexity index is 555. The molecule has 2 N–H and O–H groups in total. The third-order valence-electron chi connectivity index (χ3n) is 3.62. The molecule has 2 heterocycles. The standard InChI is InChI=1S/C14H19N3O/c1-16-9-11(10-17-5-7-18-8-6-17)14-12(15)3-2-4-13(14)16/h2-4,9H,5-8,10,15H2,1H3. The normalized spacial score (nSPS) is 17.4. The van der Waals surface area contributed by atoms with Crippen molar-refractivity contribution in [1.82, 2.24) is 9.47 Å². The molecule has 2 aromatic rings. The largest absolute Gasteiger partial charge is 0.398 e. The molecule has 1 aliphatic rings. The van der Waals surface area contributed by atoms with Gasteiger partial charge in [0, 0.05) is 44.0 Å². The molecule has 3 rings (SSSR count). The molecule has 18 heavy (non-hydrogen) atoms. The summed E-state index contributed by atoms with van der Waals surface area (Å²) < 4.78 is 7.54. The lowest BCUT2D eigenvalue weighted by atomic mass is 10.1. The monoisotopic (exact) mass is 245 g/mol. The van der Waals surface area contributed by atoms with E-state index in [4.69, 9.17) is 10.5 Å². The topological polar surface area (TPSA) is 43.4 Å². The second-order valence-corrected chi connectivity index (χ2v) is 4.90. The molecular formula is C14H19N3O. The predicted octanol–water partition coefficient (Wildman–Crippen LogP) is 1.59. The van der Waals surface area contributed by atoms with Gasteiger partial charge < -0.3 is 15.0 Å². The molecule has 1 saturated heterocycles. The first kappa shape index (κ1) is 11.6. The van der Waals surface area contributed by atoms with Crippen LogP contribution >= 0.6 is 0 Å². The molecule has 1 fully saturated rings. The predicted molar refractivity (Wildman–Crippen MR) is 73.4 cm³/mol. The fraction of sp³-hybridized carbons (Fsp3) is 0.429. The molecule has 4 heteroatoms. The van der Waals surface area contributed by atoms with Crippen molar-refractivity contribution in [3.8, 4) is 0 Å². The van der Waals surface area contributed by atoms with Crippen LogP contribution in [-0.4, -0.2) is 35.8 Å². The summed E-state index contributed by atoms with van der Waals surface area (Å²) in [7, 11) is 2.07. The van der Waals surface area contributed by atoms with Gasteiger partial charge in [0.1, 0.15) is 0 Å². The minimum Gasteiger partial charge on any atom is -0.398 e. The number of nitrogens with two attached hydrogens (primary N) is 1. The van der Waals surface area contributed by atoms with Crippen molar-refractivity contribution in [1.29, 1.82) is 0 Å². The van der Waals surface area contributed by atoms with Crippen molar-refractivity contribution < 1.29 is 4.74 Å². The number of aromatic nitrogens is 1. The van der Waals surface area contributed by atoms with E-state index in [0.717, 1.165) is 38.5 Å². The molecule has 96 valence electrons. The van der Waals surface area contributed by atoms with Crippen LogP contribution in [0.1, 0.15) is 5.56 Å². The molecule has 0 unspecified atom stereocenters. The summed E-state index contributed by atoms with van der Waals surface area (Å²) in [5.74, 6) is 0. The summed E-state index contributed by atoms with van der Waals surface area (Å²) in [4.78, 5) is 2.42. The summed E-state index contributed by atoms with van der Waals surface area (Å²) in [6.45, 7) is 4.63. The lowest BCUT2D eigenvalue weighted by molar-refractivity contribution is 0.0343. The quantitative estimate of drug-likeness (QED) is 0.817. The molecule has 1 aliphatic heterocycles. The smallest absolute Gasteiger partial charge is 0.0594 e. The van der Waals surface area contributed by atoms with Gasteiger partial charge >= 0.3 is 0 Å². The van der Waals surface area contributed by atoms with Crippen LogP contribution in [0.25, 0.3) is 10.9 Å². The number of hydrogen-bond donors (Lipinski definition) is 1. The van der Waals surface area contributed by atoms with Gasteiger partial charge in [-0.25, -0.2) is 0 Å². The van der Waals surface area contributed by atoms with Gasteiger partial charge in [-0.1, -0.05) is 6.07 Å². The Kier molecular flexibility index (Phi) is 2.97.